The Bertz CT molecular complexity index is 949. The maximum absolute atomic E-state index is 12.0. The molecule has 3 aromatic rings. The molecule has 0 saturated heterocycles. The third-order valence-corrected chi connectivity index (χ3v) is 4.27. The lowest BCUT2D eigenvalue weighted by Gasteiger charge is -2.03. The summed E-state index contributed by atoms with van der Waals surface area (Å²) in [6.07, 6.45) is 1.52. The van der Waals surface area contributed by atoms with Crippen LogP contribution in [0.5, 0.6) is 0 Å². The number of benzene rings is 1. The molecule has 26 heavy (non-hydrogen) atoms. The third-order valence-electron chi connectivity index (χ3n) is 3.34. The Morgan fingerprint density at radius 2 is 2.04 bits per heavy atom. The summed E-state index contributed by atoms with van der Waals surface area (Å²) >= 11 is 1.31. The molecule has 3 amide bonds. The number of nitrogens with one attached hydrogen (secondary N) is 3. The van der Waals surface area contributed by atoms with Gasteiger partial charge in [-0.3, -0.25) is 14.4 Å². The van der Waals surface area contributed by atoms with Gasteiger partial charge in [0.25, 0.3) is 5.91 Å². The molecule has 0 saturated carbocycles. The lowest BCUT2D eigenvalue weighted by atomic mass is 10.3. The summed E-state index contributed by atoms with van der Waals surface area (Å²) < 4.78 is 5.81. The molecule has 0 spiro atoms. The summed E-state index contributed by atoms with van der Waals surface area (Å²) in [6.45, 7) is 1.62. The van der Waals surface area contributed by atoms with Gasteiger partial charge >= 0.3 is 0 Å². The van der Waals surface area contributed by atoms with Gasteiger partial charge in [-0.2, -0.15) is 0 Å². The maximum Gasteiger partial charge on any atom is 0.286 e. The average Bonchev–Trinajstić information content (AvgIpc) is 3.22. The average molecular weight is 372 g/mol. The van der Waals surface area contributed by atoms with Crippen molar-refractivity contribution in [1.82, 2.24) is 10.3 Å². The zero-order chi connectivity index (χ0) is 18.5. The van der Waals surface area contributed by atoms with Crippen LogP contribution in [0.15, 0.2) is 41.0 Å². The first-order valence-electron chi connectivity index (χ1n) is 7.81. The highest BCUT2D eigenvalue weighted by molar-refractivity contribution is 7.22. The molecular formula is C17H16N4O4S. The Balaban J connectivity index is 1.53. The molecule has 0 unspecified atom stereocenters. The van der Waals surface area contributed by atoms with E-state index in [1.165, 1.54) is 24.5 Å². The second-order valence-electron chi connectivity index (χ2n) is 5.41. The third kappa shape index (κ3) is 4.45. The van der Waals surface area contributed by atoms with Crippen LogP contribution in [0.1, 0.15) is 23.9 Å². The molecule has 9 heteroatoms. The van der Waals surface area contributed by atoms with Crippen LogP contribution in [-0.2, 0) is 9.59 Å². The number of aromatic nitrogens is 1. The van der Waals surface area contributed by atoms with Crippen molar-refractivity contribution in [3.63, 3.8) is 0 Å². The Hall–Kier alpha value is -3.20. The summed E-state index contributed by atoms with van der Waals surface area (Å²) in [4.78, 5) is 39.1. The summed E-state index contributed by atoms with van der Waals surface area (Å²) in [5.74, 6) is -0.579. The molecule has 0 fully saturated rings. The Morgan fingerprint density at radius 3 is 2.77 bits per heavy atom. The molecule has 0 bridgehead atoms. The van der Waals surface area contributed by atoms with E-state index in [1.807, 2.05) is 0 Å². The molecule has 134 valence electrons. The molecule has 8 nitrogen and oxygen atoms in total. The summed E-state index contributed by atoms with van der Waals surface area (Å²) in [7, 11) is 0. The van der Waals surface area contributed by atoms with Crippen molar-refractivity contribution in [3.8, 4) is 0 Å². The van der Waals surface area contributed by atoms with Gasteiger partial charge in [0.15, 0.2) is 10.9 Å². The molecule has 2 heterocycles. The number of thiazole rings is 1. The standard InChI is InChI=1S/C17H16N4O4S/c1-10(22)19-11-4-5-12-14(9-11)26-17(20-12)21-15(23)6-7-18-16(24)13-3-2-8-25-13/h2-5,8-9H,6-7H2,1H3,(H,18,24)(H,19,22)(H,20,21,23). The van der Waals surface area contributed by atoms with Crippen molar-refractivity contribution in [1.29, 1.82) is 0 Å². The first-order valence-corrected chi connectivity index (χ1v) is 8.62. The predicted octanol–water partition coefficient (Wildman–Crippen LogP) is 2.61. The Morgan fingerprint density at radius 1 is 1.19 bits per heavy atom. The maximum atomic E-state index is 12.0. The van der Waals surface area contributed by atoms with Crippen molar-refractivity contribution in [2.45, 2.75) is 13.3 Å². The first kappa shape index (κ1) is 17.6. The number of hydrogen-bond acceptors (Lipinski definition) is 6. The van der Waals surface area contributed by atoms with Crippen LogP contribution >= 0.6 is 11.3 Å². The van der Waals surface area contributed by atoms with Crippen LogP contribution in [0.4, 0.5) is 10.8 Å². The second-order valence-corrected chi connectivity index (χ2v) is 6.44. The highest BCUT2D eigenvalue weighted by atomic mass is 32.1. The van der Waals surface area contributed by atoms with E-state index in [1.54, 1.807) is 30.3 Å². The van der Waals surface area contributed by atoms with Gasteiger partial charge < -0.3 is 20.4 Å². The predicted molar refractivity (Wildman–Crippen MR) is 98.2 cm³/mol. The van der Waals surface area contributed by atoms with Crippen molar-refractivity contribution in [2.75, 3.05) is 17.2 Å². The topological polar surface area (TPSA) is 113 Å². The number of hydrogen-bond donors (Lipinski definition) is 3. The number of nitrogens with zero attached hydrogens (tertiary/aromatic N) is 1. The fourth-order valence-corrected chi connectivity index (χ4v) is 3.15. The normalized spacial score (nSPS) is 10.5. The zero-order valence-electron chi connectivity index (χ0n) is 13.9. The van der Waals surface area contributed by atoms with Gasteiger partial charge in [-0.1, -0.05) is 11.3 Å². The molecule has 0 radical (unpaired) electrons. The summed E-state index contributed by atoms with van der Waals surface area (Å²) in [6, 6.07) is 8.49. The van der Waals surface area contributed by atoms with Crippen molar-refractivity contribution in [2.24, 2.45) is 0 Å². The van der Waals surface area contributed by atoms with Crippen LogP contribution in [0.2, 0.25) is 0 Å². The van der Waals surface area contributed by atoms with Gasteiger partial charge in [0, 0.05) is 25.6 Å². The van der Waals surface area contributed by atoms with E-state index in [-0.39, 0.29) is 36.4 Å². The molecular weight excluding hydrogens is 356 g/mol. The monoisotopic (exact) mass is 372 g/mol. The molecule has 0 aliphatic carbocycles. The number of rotatable bonds is 6. The van der Waals surface area contributed by atoms with Crippen molar-refractivity contribution < 1.29 is 18.8 Å². The lowest BCUT2D eigenvalue weighted by molar-refractivity contribution is -0.116. The largest absolute Gasteiger partial charge is 0.459 e. The van der Waals surface area contributed by atoms with Gasteiger partial charge in [0.05, 0.1) is 16.5 Å². The van der Waals surface area contributed by atoms with Gasteiger partial charge in [-0.15, -0.1) is 0 Å². The second kappa shape index (κ2) is 7.79. The number of anilines is 2. The molecule has 2 aromatic heterocycles. The lowest BCUT2D eigenvalue weighted by Crippen LogP contribution is -2.27. The van der Waals surface area contributed by atoms with Crippen LogP contribution < -0.4 is 16.0 Å². The number of amides is 3. The summed E-state index contributed by atoms with van der Waals surface area (Å²) in [5.41, 5.74) is 1.40. The number of carbonyl (C=O) groups is 3. The van der Waals surface area contributed by atoms with E-state index in [0.717, 1.165) is 10.2 Å². The van der Waals surface area contributed by atoms with E-state index >= 15 is 0 Å². The van der Waals surface area contributed by atoms with E-state index in [9.17, 15) is 14.4 Å². The smallest absolute Gasteiger partial charge is 0.286 e. The minimum Gasteiger partial charge on any atom is -0.459 e. The highest BCUT2D eigenvalue weighted by Crippen LogP contribution is 2.28. The highest BCUT2D eigenvalue weighted by Gasteiger charge is 2.11. The molecule has 1 aromatic carbocycles. The van der Waals surface area contributed by atoms with Crippen molar-refractivity contribution >= 4 is 50.1 Å². The fraction of sp³-hybridized carbons (Fsp3) is 0.176. The molecule has 3 rings (SSSR count). The van der Waals surface area contributed by atoms with Gasteiger partial charge in [-0.05, 0) is 30.3 Å². The van der Waals surface area contributed by atoms with Crippen LogP contribution in [0.3, 0.4) is 0 Å². The van der Waals surface area contributed by atoms with Gasteiger partial charge in [0.1, 0.15) is 0 Å². The van der Waals surface area contributed by atoms with Crippen LogP contribution in [0, 0.1) is 0 Å². The quantitative estimate of drug-likeness (QED) is 0.615. The Kier molecular flexibility index (Phi) is 5.28. The van der Waals surface area contributed by atoms with Crippen LogP contribution in [-0.4, -0.2) is 29.3 Å². The van der Waals surface area contributed by atoms with Crippen LogP contribution in [0.25, 0.3) is 10.2 Å². The molecule has 0 aliphatic rings. The zero-order valence-corrected chi connectivity index (χ0v) is 14.7. The summed E-state index contributed by atoms with van der Waals surface area (Å²) in [5, 5.41) is 8.47. The Labute approximate surface area is 152 Å². The number of furan rings is 1. The number of fused-ring (bicyclic) bond motifs is 1. The fourth-order valence-electron chi connectivity index (χ4n) is 2.23. The van der Waals surface area contributed by atoms with Gasteiger partial charge in [0.2, 0.25) is 11.8 Å². The SMILES string of the molecule is CC(=O)Nc1ccc2nc(NC(=O)CCNC(=O)c3ccco3)sc2c1. The van der Waals surface area contributed by atoms with Crippen molar-refractivity contribution in [3.05, 3.63) is 42.4 Å². The number of carbonyl (C=O) groups excluding carboxylic acids is 3. The molecule has 0 aliphatic heterocycles. The minimum atomic E-state index is -0.367. The molecule has 3 N–H and O–H groups in total. The first-order chi connectivity index (χ1) is 12.5. The van der Waals surface area contributed by atoms with E-state index in [2.05, 4.69) is 20.9 Å². The van der Waals surface area contributed by atoms with E-state index < -0.39 is 0 Å². The molecule has 0 atom stereocenters. The minimum absolute atomic E-state index is 0.111. The van der Waals surface area contributed by atoms with E-state index in [4.69, 9.17) is 4.42 Å². The van der Waals surface area contributed by atoms with E-state index in [0.29, 0.717) is 10.8 Å². The van der Waals surface area contributed by atoms with Gasteiger partial charge in [-0.25, -0.2) is 4.98 Å².